The van der Waals surface area contributed by atoms with Gasteiger partial charge in [-0.3, -0.25) is 10.1 Å². The van der Waals surface area contributed by atoms with Crippen molar-refractivity contribution in [2.45, 2.75) is 12.8 Å². The van der Waals surface area contributed by atoms with Crippen molar-refractivity contribution in [2.75, 3.05) is 37.0 Å². The van der Waals surface area contributed by atoms with Crippen molar-refractivity contribution < 1.29 is 10.0 Å². The molecule has 0 amide bonds. The van der Waals surface area contributed by atoms with Crippen LogP contribution in [-0.2, 0) is 0 Å². The summed E-state index contributed by atoms with van der Waals surface area (Å²) in [5, 5.41) is 23.2. The van der Waals surface area contributed by atoms with Gasteiger partial charge in [0, 0.05) is 32.8 Å². The van der Waals surface area contributed by atoms with Crippen molar-refractivity contribution in [3.8, 4) is 0 Å². The predicted molar refractivity (Wildman–Crippen MR) is 72.5 cm³/mol. The zero-order valence-corrected chi connectivity index (χ0v) is 10.9. The Hall–Kier alpha value is -1.89. The minimum absolute atomic E-state index is 0.0117. The Morgan fingerprint density at radius 3 is 3.05 bits per heavy atom. The summed E-state index contributed by atoms with van der Waals surface area (Å²) in [4.78, 5) is 16.9. The standard InChI is InChI=1S/C12H18N4O3/c1-13-11-5-4-10(16(18)19)12(14-11)15-6-2-3-9(7-15)8-17/h4-5,9,17H,2-3,6-8H2,1H3,(H,13,14). The number of aliphatic hydroxyl groups is 1. The van der Waals surface area contributed by atoms with E-state index in [4.69, 9.17) is 0 Å². The average Bonchev–Trinajstić information content (AvgIpc) is 2.46. The van der Waals surface area contributed by atoms with Crippen LogP contribution in [0.15, 0.2) is 12.1 Å². The number of hydrogen-bond acceptors (Lipinski definition) is 6. The maximum absolute atomic E-state index is 11.1. The molecule has 2 heterocycles. The summed E-state index contributed by atoms with van der Waals surface area (Å²) in [5.41, 5.74) is 0.0117. The second-order valence-corrected chi connectivity index (χ2v) is 4.68. The van der Waals surface area contributed by atoms with E-state index in [1.807, 2.05) is 4.90 Å². The van der Waals surface area contributed by atoms with Crippen molar-refractivity contribution in [3.63, 3.8) is 0 Å². The van der Waals surface area contributed by atoms with Gasteiger partial charge in [-0.1, -0.05) is 0 Å². The third kappa shape index (κ3) is 2.93. The molecule has 7 nitrogen and oxygen atoms in total. The van der Waals surface area contributed by atoms with Crippen molar-refractivity contribution in [1.29, 1.82) is 0 Å². The zero-order chi connectivity index (χ0) is 13.8. The van der Waals surface area contributed by atoms with Crippen molar-refractivity contribution in [3.05, 3.63) is 22.2 Å². The SMILES string of the molecule is CNc1ccc([N+](=O)[O-])c(N2CCCC(CO)C2)n1. The Balaban J connectivity index is 2.32. The molecule has 2 N–H and O–H groups in total. The molecular formula is C12H18N4O3. The second kappa shape index (κ2) is 5.83. The van der Waals surface area contributed by atoms with E-state index in [0.717, 1.165) is 19.4 Å². The fourth-order valence-electron chi connectivity index (χ4n) is 2.36. The third-order valence-electron chi connectivity index (χ3n) is 3.38. The van der Waals surface area contributed by atoms with E-state index < -0.39 is 4.92 Å². The van der Waals surface area contributed by atoms with Gasteiger partial charge in [-0.15, -0.1) is 0 Å². The quantitative estimate of drug-likeness (QED) is 0.629. The van der Waals surface area contributed by atoms with Gasteiger partial charge in [-0.05, 0) is 24.8 Å². The molecule has 19 heavy (non-hydrogen) atoms. The number of anilines is 2. The molecule has 1 unspecified atom stereocenters. The summed E-state index contributed by atoms with van der Waals surface area (Å²) in [6, 6.07) is 3.06. The third-order valence-corrected chi connectivity index (χ3v) is 3.38. The number of hydrogen-bond donors (Lipinski definition) is 2. The maximum atomic E-state index is 11.1. The lowest BCUT2D eigenvalue weighted by Crippen LogP contribution is -2.37. The van der Waals surface area contributed by atoms with Crippen LogP contribution in [0.4, 0.5) is 17.3 Å². The number of nitrogens with one attached hydrogen (secondary N) is 1. The first-order chi connectivity index (χ1) is 9.15. The number of piperidine rings is 1. The molecule has 1 aliphatic rings. The summed E-state index contributed by atoms with van der Waals surface area (Å²) in [5.74, 6) is 1.15. The molecule has 0 radical (unpaired) electrons. The largest absolute Gasteiger partial charge is 0.396 e. The van der Waals surface area contributed by atoms with Crippen LogP contribution in [0.25, 0.3) is 0 Å². The van der Waals surface area contributed by atoms with E-state index in [1.165, 1.54) is 6.07 Å². The van der Waals surface area contributed by atoms with Gasteiger partial charge in [0.1, 0.15) is 5.82 Å². The fraction of sp³-hybridized carbons (Fsp3) is 0.583. The van der Waals surface area contributed by atoms with Gasteiger partial charge in [0.15, 0.2) is 0 Å². The maximum Gasteiger partial charge on any atom is 0.311 e. The van der Waals surface area contributed by atoms with Gasteiger partial charge >= 0.3 is 5.69 Å². The Morgan fingerprint density at radius 1 is 1.63 bits per heavy atom. The average molecular weight is 266 g/mol. The molecule has 1 aliphatic heterocycles. The molecule has 1 aromatic heterocycles. The Morgan fingerprint density at radius 2 is 2.42 bits per heavy atom. The molecular weight excluding hydrogens is 248 g/mol. The number of nitro groups is 1. The van der Waals surface area contributed by atoms with Crippen LogP contribution in [0, 0.1) is 16.0 Å². The minimum Gasteiger partial charge on any atom is -0.396 e. The summed E-state index contributed by atoms with van der Waals surface area (Å²) < 4.78 is 0. The van der Waals surface area contributed by atoms with Gasteiger partial charge < -0.3 is 15.3 Å². The van der Waals surface area contributed by atoms with Gasteiger partial charge in [0.05, 0.1) is 4.92 Å². The fourth-order valence-corrected chi connectivity index (χ4v) is 2.36. The van der Waals surface area contributed by atoms with Crippen LogP contribution in [-0.4, -0.2) is 41.8 Å². The highest BCUT2D eigenvalue weighted by atomic mass is 16.6. The molecule has 104 valence electrons. The molecule has 0 saturated carbocycles. The van der Waals surface area contributed by atoms with E-state index in [2.05, 4.69) is 10.3 Å². The second-order valence-electron chi connectivity index (χ2n) is 4.68. The summed E-state index contributed by atoms with van der Waals surface area (Å²) in [6.07, 6.45) is 1.86. The molecule has 1 saturated heterocycles. The first-order valence-corrected chi connectivity index (χ1v) is 6.34. The number of pyridine rings is 1. The summed E-state index contributed by atoms with van der Waals surface area (Å²) >= 11 is 0. The van der Waals surface area contributed by atoms with Gasteiger partial charge in [0.25, 0.3) is 0 Å². The first-order valence-electron chi connectivity index (χ1n) is 6.34. The number of rotatable bonds is 4. The summed E-state index contributed by atoms with van der Waals surface area (Å²) in [7, 11) is 1.73. The lowest BCUT2D eigenvalue weighted by molar-refractivity contribution is -0.384. The minimum atomic E-state index is -0.412. The van der Waals surface area contributed by atoms with Gasteiger partial charge in [-0.2, -0.15) is 0 Å². The molecule has 7 heteroatoms. The molecule has 2 rings (SSSR count). The van der Waals surface area contributed by atoms with Crippen molar-refractivity contribution in [2.24, 2.45) is 5.92 Å². The van der Waals surface area contributed by atoms with Crippen LogP contribution >= 0.6 is 0 Å². The van der Waals surface area contributed by atoms with Crippen molar-refractivity contribution >= 4 is 17.3 Å². The van der Waals surface area contributed by atoms with Gasteiger partial charge in [0.2, 0.25) is 5.82 Å². The number of aliphatic hydroxyl groups excluding tert-OH is 1. The molecule has 0 bridgehead atoms. The van der Waals surface area contributed by atoms with Crippen LogP contribution in [0.3, 0.4) is 0 Å². The Labute approximate surface area is 111 Å². The van der Waals surface area contributed by atoms with Crippen LogP contribution in [0.5, 0.6) is 0 Å². The lowest BCUT2D eigenvalue weighted by Gasteiger charge is -2.32. The van der Waals surface area contributed by atoms with Crippen LogP contribution in [0.1, 0.15) is 12.8 Å². The molecule has 0 aliphatic carbocycles. The number of aromatic nitrogens is 1. The monoisotopic (exact) mass is 266 g/mol. The van der Waals surface area contributed by atoms with E-state index in [1.54, 1.807) is 13.1 Å². The van der Waals surface area contributed by atoms with E-state index in [9.17, 15) is 15.2 Å². The normalized spacial score (nSPS) is 19.3. The lowest BCUT2D eigenvalue weighted by atomic mass is 9.99. The topological polar surface area (TPSA) is 91.5 Å². The molecule has 0 spiro atoms. The molecule has 1 atom stereocenters. The smallest absolute Gasteiger partial charge is 0.311 e. The highest BCUT2D eigenvalue weighted by molar-refractivity contribution is 5.62. The highest BCUT2D eigenvalue weighted by Crippen LogP contribution is 2.30. The van der Waals surface area contributed by atoms with Gasteiger partial charge in [-0.25, -0.2) is 4.98 Å². The zero-order valence-electron chi connectivity index (χ0n) is 10.9. The predicted octanol–water partition coefficient (Wildman–Crippen LogP) is 1.24. The Bertz CT molecular complexity index is 466. The van der Waals surface area contributed by atoms with Crippen LogP contribution < -0.4 is 10.2 Å². The van der Waals surface area contributed by atoms with E-state index in [0.29, 0.717) is 18.2 Å². The molecule has 0 aromatic carbocycles. The van der Waals surface area contributed by atoms with E-state index >= 15 is 0 Å². The van der Waals surface area contributed by atoms with Crippen LogP contribution in [0.2, 0.25) is 0 Å². The molecule has 1 fully saturated rings. The number of nitrogens with zero attached hydrogens (tertiary/aromatic N) is 3. The van der Waals surface area contributed by atoms with E-state index in [-0.39, 0.29) is 18.2 Å². The van der Waals surface area contributed by atoms with Crippen molar-refractivity contribution in [1.82, 2.24) is 4.98 Å². The molecule has 1 aromatic rings. The summed E-state index contributed by atoms with van der Waals surface area (Å²) in [6.45, 7) is 1.45. The first kappa shape index (κ1) is 13.5. The highest BCUT2D eigenvalue weighted by Gasteiger charge is 2.26. The Kier molecular flexibility index (Phi) is 4.16.